The van der Waals surface area contributed by atoms with E-state index in [1.165, 1.54) is 7.11 Å². The molecule has 0 radical (unpaired) electrons. The van der Waals surface area contributed by atoms with Gasteiger partial charge in [-0.25, -0.2) is 9.86 Å². The number of nitrogens with two attached hydrogens (primary N) is 1. The molecular formula is C20H26N4O5S. The van der Waals surface area contributed by atoms with Crippen LogP contribution in [0, 0.1) is 11.3 Å². The molecule has 2 rings (SSSR count). The largest absolute Gasteiger partial charge is 0.493 e. The average molecular weight is 435 g/mol. The van der Waals surface area contributed by atoms with Gasteiger partial charge in [-0.2, -0.15) is 13.7 Å². The maximum atomic E-state index is 12.6. The smallest absolute Gasteiger partial charge is 0.298 e. The molecule has 0 heterocycles. The van der Waals surface area contributed by atoms with Gasteiger partial charge in [0.05, 0.1) is 25.3 Å². The molecule has 0 saturated carbocycles. The van der Waals surface area contributed by atoms with E-state index in [0.717, 1.165) is 0 Å². The topological polar surface area (TPSA) is 144 Å². The number of nitrogens with one attached hydrogen (secondary N) is 2. The maximum Gasteiger partial charge on any atom is 0.298 e. The van der Waals surface area contributed by atoms with Crippen molar-refractivity contribution >= 4 is 21.8 Å². The lowest BCUT2D eigenvalue weighted by atomic mass is 10.0. The number of hydrogen-bond donors (Lipinski definition) is 3. The zero-order valence-electron chi connectivity index (χ0n) is 17.3. The van der Waals surface area contributed by atoms with Crippen molar-refractivity contribution in [3.63, 3.8) is 0 Å². The van der Waals surface area contributed by atoms with Gasteiger partial charge in [0.2, 0.25) is 0 Å². The van der Waals surface area contributed by atoms with Crippen LogP contribution in [0.15, 0.2) is 42.5 Å². The molecule has 1 atom stereocenters. The number of methoxy groups -OCH3 is 1. The number of carbonyl (C=O) groups is 1. The minimum absolute atomic E-state index is 0.372. The Bertz CT molecular complexity index is 985. The molecule has 0 aliphatic carbocycles. The number of nitrogens with zero attached hydrogens (tertiary/aromatic N) is 1. The summed E-state index contributed by atoms with van der Waals surface area (Å²) in [4.78, 5) is 12.6. The van der Waals surface area contributed by atoms with Gasteiger partial charge in [-0.05, 0) is 48.9 Å². The second-order valence-corrected chi connectivity index (χ2v) is 6.92. The number of benzene rings is 2. The van der Waals surface area contributed by atoms with Crippen molar-refractivity contribution in [2.24, 2.45) is 5.14 Å². The zero-order valence-corrected chi connectivity index (χ0v) is 18.1. The highest BCUT2D eigenvalue weighted by molar-refractivity contribution is 7.87. The molecule has 1 amide bonds. The third-order valence-electron chi connectivity index (χ3n) is 3.65. The first kappa shape index (κ1) is 24.7. The Hall–Kier alpha value is -3.29. The fraction of sp³-hybridized carbons (Fsp3) is 0.300. The van der Waals surface area contributed by atoms with Gasteiger partial charge >= 0.3 is 0 Å². The Labute approximate surface area is 177 Å². The van der Waals surface area contributed by atoms with Crippen molar-refractivity contribution < 1.29 is 22.7 Å². The van der Waals surface area contributed by atoms with Gasteiger partial charge in [-0.15, -0.1) is 0 Å². The van der Waals surface area contributed by atoms with Crippen LogP contribution in [0.25, 0.3) is 0 Å². The van der Waals surface area contributed by atoms with Crippen molar-refractivity contribution in [3.8, 4) is 17.6 Å². The molecule has 0 aliphatic heterocycles. The Morgan fingerprint density at radius 3 is 2.30 bits per heavy atom. The Kier molecular flexibility index (Phi) is 9.61. The molecule has 10 heteroatoms. The standard InChI is InChI=1S/C18H20N4O5S.C2H6/c1-3-27-16-10-13(6-9-15(16)26-2)17(18(23)22-28(20,24)25)21-14-7-4-12(11-19)5-8-14;1-2/h4-10,17,21H,3H2,1-2H3,(H,22,23)(H2,20,24,25);1-2H3. The van der Waals surface area contributed by atoms with Crippen LogP contribution in [0.5, 0.6) is 11.5 Å². The quantitative estimate of drug-likeness (QED) is 0.579. The number of hydrogen-bond acceptors (Lipinski definition) is 7. The summed E-state index contributed by atoms with van der Waals surface area (Å²) in [5, 5.41) is 16.8. The zero-order chi connectivity index (χ0) is 22.7. The van der Waals surface area contributed by atoms with Gasteiger partial charge in [0.1, 0.15) is 6.04 Å². The maximum absolute atomic E-state index is 12.6. The molecule has 0 bridgehead atoms. The highest BCUT2D eigenvalue weighted by Gasteiger charge is 2.25. The van der Waals surface area contributed by atoms with Gasteiger partial charge in [0.15, 0.2) is 11.5 Å². The summed E-state index contributed by atoms with van der Waals surface area (Å²) < 4.78 is 35.1. The summed E-state index contributed by atoms with van der Waals surface area (Å²) in [5.74, 6) is -0.00779. The summed E-state index contributed by atoms with van der Waals surface area (Å²) in [7, 11) is -2.77. The molecule has 2 aromatic carbocycles. The van der Waals surface area contributed by atoms with Crippen LogP contribution in [-0.2, 0) is 15.0 Å². The van der Waals surface area contributed by atoms with Crippen molar-refractivity contribution in [3.05, 3.63) is 53.6 Å². The minimum Gasteiger partial charge on any atom is -0.493 e. The predicted molar refractivity (Wildman–Crippen MR) is 114 cm³/mol. The fourth-order valence-electron chi connectivity index (χ4n) is 2.45. The molecule has 0 spiro atoms. The highest BCUT2D eigenvalue weighted by atomic mass is 32.2. The number of nitriles is 1. The summed E-state index contributed by atoms with van der Waals surface area (Å²) in [6.45, 7) is 6.17. The molecule has 0 aliphatic rings. The van der Waals surface area contributed by atoms with Crippen LogP contribution in [-0.4, -0.2) is 28.0 Å². The summed E-state index contributed by atoms with van der Waals surface area (Å²) >= 11 is 0. The Balaban J connectivity index is 0.00000218. The lowest BCUT2D eigenvalue weighted by molar-refractivity contribution is -0.120. The molecule has 0 aromatic heterocycles. The number of anilines is 1. The lowest BCUT2D eigenvalue weighted by Crippen LogP contribution is -2.41. The summed E-state index contributed by atoms with van der Waals surface area (Å²) in [6.07, 6.45) is 0. The SMILES string of the molecule is CC.CCOc1cc(C(Nc2ccc(C#N)cc2)C(=O)NS(N)(=O)=O)ccc1OC. The summed E-state index contributed by atoms with van der Waals surface area (Å²) in [5.41, 5.74) is 1.37. The lowest BCUT2D eigenvalue weighted by Gasteiger charge is -2.21. The van der Waals surface area contributed by atoms with Crippen LogP contribution < -0.4 is 24.7 Å². The monoisotopic (exact) mass is 434 g/mol. The van der Waals surface area contributed by atoms with E-state index in [-0.39, 0.29) is 0 Å². The van der Waals surface area contributed by atoms with E-state index >= 15 is 0 Å². The van der Waals surface area contributed by atoms with Crippen LogP contribution in [0.2, 0.25) is 0 Å². The van der Waals surface area contributed by atoms with Crippen LogP contribution >= 0.6 is 0 Å². The number of ether oxygens (including phenoxy) is 2. The van der Waals surface area contributed by atoms with E-state index in [0.29, 0.717) is 34.9 Å². The van der Waals surface area contributed by atoms with Crippen molar-refractivity contribution in [1.29, 1.82) is 5.26 Å². The van der Waals surface area contributed by atoms with Crippen molar-refractivity contribution in [2.75, 3.05) is 19.0 Å². The van der Waals surface area contributed by atoms with Crippen molar-refractivity contribution in [1.82, 2.24) is 4.72 Å². The first-order valence-electron chi connectivity index (χ1n) is 9.19. The molecule has 30 heavy (non-hydrogen) atoms. The van der Waals surface area contributed by atoms with Gasteiger partial charge in [-0.1, -0.05) is 19.9 Å². The van der Waals surface area contributed by atoms with E-state index in [2.05, 4.69) is 5.32 Å². The molecule has 9 nitrogen and oxygen atoms in total. The first-order valence-corrected chi connectivity index (χ1v) is 10.7. The molecule has 1 unspecified atom stereocenters. The van der Waals surface area contributed by atoms with Crippen LogP contribution in [0.4, 0.5) is 5.69 Å². The van der Waals surface area contributed by atoms with E-state index in [4.69, 9.17) is 19.9 Å². The number of rotatable bonds is 8. The number of amides is 1. The third-order valence-corrected chi connectivity index (χ3v) is 4.14. The second-order valence-electron chi connectivity index (χ2n) is 5.62. The Morgan fingerprint density at radius 2 is 1.80 bits per heavy atom. The summed E-state index contributed by atoms with van der Waals surface area (Å²) in [6, 6.07) is 12.0. The van der Waals surface area contributed by atoms with E-state index in [9.17, 15) is 13.2 Å². The van der Waals surface area contributed by atoms with Gasteiger partial charge in [0.25, 0.3) is 16.1 Å². The van der Waals surface area contributed by atoms with E-state index in [1.54, 1.807) is 54.1 Å². The van der Waals surface area contributed by atoms with Crippen LogP contribution in [0.3, 0.4) is 0 Å². The van der Waals surface area contributed by atoms with E-state index < -0.39 is 22.2 Å². The van der Waals surface area contributed by atoms with Crippen molar-refractivity contribution in [2.45, 2.75) is 26.8 Å². The predicted octanol–water partition coefficient (Wildman–Crippen LogP) is 2.46. The average Bonchev–Trinajstić information content (AvgIpc) is 2.73. The molecule has 4 N–H and O–H groups in total. The second kappa shape index (κ2) is 11.6. The minimum atomic E-state index is -4.25. The van der Waals surface area contributed by atoms with Crippen LogP contribution in [0.1, 0.15) is 37.9 Å². The third kappa shape index (κ3) is 7.27. The van der Waals surface area contributed by atoms with E-state index in [1.807, 2.05) is 19.9 Å². The molecular weight excluding hydrogens is 408 g/mol. The molecule has 0 fully saturated rings. The molecule has 0 saturated heterocycles. The molecule has 2 aromatic rings. The fourth-order valence-corrected chi connectivity index (χ4v) is 2.85. The normalized spacial score (nSPS) is 11.2. The number of carbonyl (C=O) groups excluding carboxylic acids is 1. The Morgan fingerprint density at radius 1 is 1.17 bits per heavy atom. The first-order chi connectivity index (χ1) is 14.3. The van der Waals surface area contributed by atoms with Gasteiger partial charge in [0, 0.05) is 5.69 Å². The molecule has 162 valence electrons. The van der Waals surface area contributed by atoms with Gasteiger partial charge in [-0.3, -0.25) is 4.79 Å². The van der Waals surface area contributed by atoms with Gasteiger partial charge < -0.3 is 14.8 Å². The highest BCUT2D eigenvalue weighted by Crippen LogP contribution is 2.31.